The topological polar surface area (TPSA) is 31.4 Å². The lowest BCUT2D eigenvalue weighted by molar-refractivity contribution is 0.246. The van der Waals surface area contributed by atoms with Gasteiger partial charge in [0.25, 0.3) is 0 Å². The van der Waals surface area contributed by atoms with Crippen molar-refractivity contribution in [2.75, 3.05) is 51.2 Å². The van der Waals surface area contributed by atoms with Crippen molar-refractivity contribution in [3.05, 3.63) is 24.1 Å². The molecular weight excluding hydrogens is 219 g/mol. The molecule has 1 fully saturated rings. The number of piperazine rings is 1. The van der Waals surface area contributed by atoms with Crippen molar-refractivity contribution in [3.8, 4) is 0 Å². The van der Waals surface area contributed by atoms with Crippen LogP contribution in [0, 0.1) is 5.82 Å². The largest absolute Gasteiger partial charge is 0.358 e. The van der Waals surface area contributed by atoms with Crippen molar-refractivity contribution in [2.45, 2.75) is 0 Å². The molecular formula is C12H19FN4. The number of hydrogen-bond donors (Lipinski definition) is 1. The van der Waals surface area contributed by atoms with Gasteiger partial charge in [-0.3, -0.25) is 4.90 Å². The highest BCUT2D eigenvalue weighted by molar-refractivity contribution is 5.36. The van der Waals surface area contributed by atoms with Gasteiger partial charge in [-0.1, -0.05) is 0 Å². The first-order chi connectivity index (χ1) is 8.25. The van der Waals surface area contributed by atoms with E-state index in [-0.39, 0.29) is 5.82 Å². The molecule has 0 atom stereocenters. The Morgan fingerprint density at radius 3 is 2.82 bits per heavy atom. The summed E-state index contributed by atoms with van der Waals surface area (Å²) in [6, 6.07) is 3.16. The summed E-state index contributed by atoms with van der Waals surface area (Å²) in [5, 5.41) is 3.33. The zero-order valence-corrected chi connectivity index (χ0v) is 10.2. The molecule has 0 aromatic carbocycles. The second-order valence-electron chi connectivity index (χ2n) is 4.35. The summed E-state index contributed by atoms with van der Waals surface area (Å²) in [5.41, 5.74) is 0. The lowest BCUT2D eigenvalue weighted by Crippen LogP contribution is -2.46. The van der Waals surface area contributed by atoms with Crippen LogP contribution in [0.5, 0.6) is 0 Å². The second kappa shape index (κ2) is 5.93. The monoisotopic (exact) mass is 238 g/mol. The molecule has 1 aliphatic rings. The SMILES string of the molecule is CN(CCN1CCNCC1)c1ccc(F)cn1. The van der Waals surface area contributed by atoms with Gasteiger partial charge < -0.3 is 10.2 Å². The minimum Gasteiger partial charge on any atom is -0.358 e. The molecule has 94 valence electrons. The van der Waals surface area contributed by atoms with Crippen molar-refractivity contribution >= 4 is 5.82 Å². The van der Waals surface area contributed by atoms with E-state index in [0.29, 0.717) is 0 Å². The van der Waals surface area contributed by atoms with Crippen LogP contribution in [-0.2, 0) is 0 Å². The Kier molecular flexibility index (Phi) is 4.28. The molecule has 0 unspecified atom stereocenters. The molecule has 2 rings (SSSR count). The zero-order chi connectivity index (χ0) is 12.1. The van der Waals surface area contributed by atoms with Gasteiger partial charge in [0.1, 0.15) is 11.6 Å². The van der Waals surface area contributed by atoms with Crippen molar-refractivity contribution < 1.29 is 4.39 Å². The highest BCUT2D eigenvalue weighted by Crippen LogP contribution is 2.08. The Labute approximate surface area is 101 Å². The van der Waals surface area contributed by atoms with Crippen LogP contribution in [0.4, 0.5) is 10.2 Å². The zero-order valence-electron chi connectivity index (χ0n) is 10.2. The lowest BCUT2D eigenvalue weighted by Gasteiger charge is -2.29. The number of nitrogens with zero attached hydrogens (tertiary/aromatic N) is 3. The Bertz CT molecular complexity index is 335. The summed E-state index contributed by atoms with van der Waals surface area (Å²) >= 11 is 0. The van der Waals surface area contributed by atoms with E-state index in [4.69, 9.17) is 0 Å². The van der Waals surface area contributed by atoms with Crippen LogP contribution < -0.4 is 10.2 Å². The number of anilines is 1. The average Bonchev–Trinajstić information content (AvgIpc) is 2.38. The van der Waals surface area contributed by atoms with E-state index in [1.54, 1.807) is 6.07 Å². The Balaban J connectivity index is 1.80. The van der Waals surface area contributed by atoms with E-state index < -0.39 is 0 Å². The molecule has 0 spiro atoms. The maximum atomic E-state index is 12.7. The van der Waals surface area contributed by atoms with Crippen LogP contribution in [0.2, 0.25) is 0 Å². The summed E-state index contributed by atoms with van der Waals surface area (Å²) in [6.45, 7) is 6.28. The highest BCUT2D eigenvalue weighted by Gasteiger charge is 2.10. The van der Waals surface area contributed by atoms with Gasteiger partial charge in [0.2, 0.25) is 0 Å². The Morgan fingerprint density at radius 1 is 1.41 bits per heavy atom. The van der Waals surface area contributed by atoms with Gasteiger partial charge in [0.15, 0.2) is 0 Å². The number of likely N-dealkylation sites (N-methyl/N-ethyl adjacent to an activating group) is 1. The number of nitrogens with one attached hydrogen (secondary N) is 1. The fourth-order valence-electron chi connectivity index (χ4n) is 1.93. The van der Waals surface area contributed by atoms with E-state index in [1.165, 1.54) is 12.3 Å². The van der Waals surface area contributed by atoms with Gasteiger partial charge in [-0.15, -0.1) is 0 Å². The molecule has 1 aromatic heterocycles. The van der Waals surface area contributed by atoms with Crippen LogP contribution in [0.1, 0.15) is 0 Å². The smallest absolute Gasteiger partial charge is 0.141 e. The molecule has 1 N–H and O–H groups in total. The van der Waals surface area contributed by atoms with Gasteiger partial charge in [-0.25, -0.2) is 9.37 Å². The van der Waals surface area contributed by atoms with E-state index in [2.05, 4.69) is 20.1 Å². The van der Waals surface area contributed by atoms with E-state index >= 15 is 0 Å². The number of halogens is 1. The number of rotatable bonds is 4. The van der Waals surface area contributed by atoms with Gasteiger partial charge >= 0.3 is 0 Å². The second-order valence-corrected chi connectivity index (χ2v) is 4.35. The molecule has 5 heteroatoms. The minimum atomic E-state index is -0.288. The van der Waals surface area contributed by atoms with Crippen molar-refractivity contribution in [3.63, 3.8) is 0 Å². The molecule has 1 aliphatic heterocycles. The predicted octanol–water partition coefficient (Wildman–Crippen LogP) is 0.562. The first-order valence-electron chi connectivity index (χ1n) is 6.01. The summed E-state index contributed by atoms with van der Waals surface area (Å²) in [5.74, 6) is 0.533. The van der Waals surface area contributed by atoms with Crippen LogP contribution in [-0.4, -0.2) is 56.2 Å². The quantitative estimate of drug-likeness (QED) is 0.830. The number of aromatic nitrogens is 1. The molecule has 0 radical (unpaired) electrons. The van der Waals surface area contributed by atoms with Gasteiger partial charge in [0.05, 0.1) is 6.20 Å². The summed E-state index contributed by atoms with van der Waals surface area (Å²) in [7, 11) is 1.99. The normalized spacial score (nSPS) is 17.1. The fourth-order valence-corrected chi connectivity index (χ4v) is 1.93. The standard InChI is InChI=1S/C12H19FN4/c1-16(12-3-2-11(13)10-15-12)8-9-17-6-4-14-5-7-17/h2-3,10,14H,4-9H2,1H3. The number of hydrogen-bond acceptors (Lipinski definition) is 4. The fraction of sp³-hybridized carbons (Fsp3) is 0.583. The lowest BCUT2D eigenvalue weighted by atomic mass is 10.3. The molecule has 1 aromatic rings. The van der Waals surface area contributed by atoms with Crippen LogP contribution in [0.15, 0.2) is 18.3 Å². The molecule has 0 bridgehead atoms. The maximum Gasteiger partial charge on any atom is 0.141 e. The van der Waals surface area contributed by atoms with Gasteiger partial charge in [-0.05, 0) is 12.1 Å². The molecule has 1 saturated heterocycles. The Hall–Kier alpha value is -1.20. The van der Waals surface area contributed by atoms with Crippen LogP contribution in [0.25, 0.3) is 0 Å². The van der Waals surface area contributed by atoms with Crippen LogP contribution >= 0.6 is 0 Å². The third-order valence-corrected chi connectivity index (χ3v) is 3.06. The third-order valence-electron chi connectivity index (χ3n) is 3.06. The molecule has 4 nitrogen and oxygen atoms in total. The van der Waals surface area contributed by atoms with Crippen molar-refractivity contribution in [2.24, 2.45) is 0 Å². The first kappa shape index (κ1) is 12.3. The van der Waals surface area contributed by atoms with Crippen molar-refractivity contribution in [1.29, 1.82) is 0 Å². The predicted molar refractivity (Wildman–Crippen MR) is 66.8 cm³/mol. The number of pyridine rings is 1. The minimum absolute atomic E-state index is 0.288. The first-order valence-corrected chi connectivity index (χ1v) is 6.01. The summed E-state index contributed by atoms with van der Waals surface area (Å²) in [6.07, 6.45) is 1.26. The van der Waals surface area contributed by atoms with E-state index in [1.807, 2.05) is 7.05 Å². The molecule has 0 aliphatic carbocycles. The summed E-state index contributed by atoms with van der Waals surface area (Å²) < 4.78 is 12.7. The highest BCUT2D eigenvalue weighted by atomic mass is 19.1. The molecule has 0 amide bonds. The van der Waals surface area contributed by atoms with E-state index in [0.717, 1.165) is 45.1 Å². The average molecular weight is 238 g/mol. The third kappa shape index (κ3) is 3.64. The van der Waals surface area contributed by atoms with Crippen LogP contribution in [0.3, 0.4) is 0 Å². The van der Waals surface area contributed by atoms with Gasteiger partial charge in [-0.2, -0.15) is 0 Å². The molecule has 2 heterocycles. The Morgan fingerprint density at radius 2 is 2.18 bits per heavy atom. The molecule has 0 saturated carbocycles. The summed E-state index contributed by atoms with van der Waals surface area (Å²) in [4.78, 5) is 8.55. The maximum absolute atomic E-state index is 12.7. The van der Waals surface area contributed by atoms with Crippen molar-refractivity contribution in [1.82, 2.24) is 15.2 Å². The van der Waals surface area contributed by atoms with E-state index in [9.17, 15) is 4.39 Å². The molecule has 17 heavy (non-hydrogen) atoms. The van der Waals surface area contributed by atoms with Gasteiger partial charge in [0, 0.05) is 46.3 Å².